The molecule has 0 N–H and O–H groups in total. The van der Waals surface area contributed by atoms with Crippen LogP contribution in [0.5, 0.6) is 11.5 Å². The van der Waals surface area contributed by atoms with Gasteiger partial charge in [0.25, 0.3) is 5.91 Å². The number of carbonyl (C=O) groups excluding carboxylic acids is 1. The van der Waals surface area contributed by atoms with Gasteiger partial charge >= 0.3 is 0 Å². The predicted octanol–water partition coefficient (Wildman–Crippen LogP) is 3.14. The number of rotatable bonds is 4. The number of ether oxygens (including phenoxy) is 1. The molecule has 0 fully saturated rings. The van der Waals surface area contributed by atoms with E-state index in [0.29, 0.717) is 36.1 Å². The molecule has 1 unspecified atom stereocenters. The first-order chi connectivity index (χ1) is 13.5. The number of benzene rings is 1. The number of hydrogen-bond donors (Lipinski definition) is 0. The fourth-order valence-corrected chi connectivity index (χ4v) is 3.58. The van der Waals surface area contributed by atoms with E-state index >= 15 is 0 Å². The van der Waals surface area contributed by atoms with E-state index in [2.05, 4.69) is 33.7 Å². The molecule has 146 valence electrons. The molecule has 0 saturated carbocycles. The summed E-state index contributed by atoms with van der Waals surface area (Å²) in [5.74, 6) is 3.12. The smallest absolute Gasteiger partial charge is 0.258 e. The third-order valence-corrected chi connectivity index (χ3v) is 5.02. The number of nitrogens with zero attached hydrogens (tertiary/aromatic N) is 6. The average Bonchev–Trinajstić information content (AvgIpc) is 3.28. The predicted molar refractivity (Wildman–Crippen MR) is 103 cm³/mol. The van der Waals surface area contributed by atoms with Crippen LogP contribution in [0.25, 0.3) is 0 Å². The molecule has 1 aromatic carbocycles. The van der Waals surface area contributed by atoms with Crippen LogP contribution >= 0.6 is 0 Å². The van der Waals surface area contributed by atoms with Crippen molar-refractivity contribution in [1.29, 1.82) is 0 Å². The van der Waals surface area contributed by atoms with Gasteiger partial charge in [-0.15, -0.1) is 10.2 Å². The van der Waals surface area contributed by atoms with Gasteiger partial charge in [-0.05, 0) is 19.1 Å². The molecule has 1 amide bonds. The molecule has 4 rings (SSSR count). The molecule has 3 heterocycles. The normalized spacial score (nSPS) is 16.3. The van der Waals surface area contributed by atoms with Gasteiger partial charge in [0.05, 0.1) is 24.0 Å². The van der Waals surface area contributed by atoms with E-state index < -0.39 is 0 Å². The van der Waals surface area contributed by atoms with Crippen molar-refractivity contribution in [2.75, 3.05) is 6.54 Å². The van der Waals surface area contributed by atoms with Crippen molar-refractivity contribution in [2.24, 2.45) is 7.05 Å². The lowest BCUT2D eigenvalue weighted by Crippen LogP contribution is -2.41. The van der Waals surface area contributed by atoms with Crippen LogP contribution in [0.4, 0.5) is 0 Å². The van der Waals surface area contributed by atoms with E-state index in [0.717, 1.165) is 11.6 Å². The molecule has 8 nitrogen and oxygen atoms in total. The van der Waals surface area contributed by atoms with Crippen LogP contribution in [0, 0.1) is 0 Å². The maximum atomic E-state index is 13.3. The van der Waals surface area contributed by atoms with Crippen molar-refractivity contribution >= 4 is 5.91 Å². The highest BCUT2D eigenvalue weighted by Gasteiger charge is 2.33. The Kier molecular flexibility index (Phi) is 4.62. The molecule has 28 heavy (non-hydrogen) atoms. The van der Waals surface area contributed by atoms with Crippen molar-refractivity contribution in [1.82, 2.24) is 29.4 Å². The molecule has 0 spiro atoms. The van der Waals surface area contributed by atoms with Crippen LogP contribution in [0.1, 0.15) is 54.7 Å². The SMILES string of the molecule is CC(C)c1nnc2n1CCN(C(=O)c1ccccc1Oc1cnn(C)c1)C2C. The summed E-state index contributed by atoms with van der Waals surface area (Å²) < 4.78 is 9.71. The van der Waals surface area contributed by atoms with Gasteiger partial charge in [0.1, 0.15) is 11.6 Å². The van der Waals surface area contributed by atoms with Crippen LogP contribution in [-0.2, 0) is 13.6 Å². The van der Waals surface area contributed by atoms with E-state index in [4.69, 9.17) is 4.74 Å². The average molecular weight is 380 g/mol. The summed E-state index contributed by atoms with van der Waals surface area (Å²) in [5, 5.41) is 12.8. The van der Waals surface area contributed by atoms with Crippen molar-refractivity contribution in [3.8, 4) is 11.5 Å². The van der Waals surface area contributed by atoms with Gasteiger partial charge < -0.3 is 14.2 Å². The van der Waals surface area contributed by atoms with Crippen molar-refractivity contribution in [2.45, 2.75) is 39.3 Å². The van der Waals surface area contributed by atoms with Crippen LogP contribution in [-0.4, -0.2) is 41.9 Å². The first-order valence-electron chi connectivity index (χ1n) is 9.45. The fraction of sp³-hybridized carbons (Fsp3) is 0.400. The Balaban J connectivity index is 1.61. The summed E-state index contributed by atoms with van der Waals surface area (Å²) in [6.07, 6.45) is 3.39. The molecule has 1 atom stereocenters. The zero-order valence-electron chi connectivity index (χ0n) is 16.5. The number of aryl methyl sites for hydroxylation is 1. The fourth-order valence-electron chi connectivity index (χ4n) is 3.58. The van der Waals surface area contributed by atoms with E-state index in [1.165, 1.54) is 0 Å². The summed E-state index contributed by atoms with van der Waals surface area (Å²) >= 11 is 0. The minimum absolute atomic E-state index is 0.0765. The highest BCUT2D eigenvalue weighted by atomic mass is 16.5. The molecule has 2 aromatic heterocycles. The second-order valence-electron chi connectivity index (χ2n) is 7.35. The molecular weight excluding hydrogens is 356 g/mol. The van der Waals surface area contributed by atoms with Gasteiger partial charge in [-0.2, -0.15) is 5.10 Å². The maximum Gasteiger partial charge on any atom is 0.258 e. The Hall–Kier alpha value is -3.16. The topological polar surface area (TPSA) is 78.1 Å². The lowest BCUT2D eigenvalue weighted by Gasteiger charge is -2.34. The van der Waals surface area contributed by atoms with E-state index in [9.17, 15) is 4.79 Å². The van der Waals surface area contributed by atoms with Crippen LogP contribution in [0.15, 0.2) is 36.7 Å². The number of carbonyl (C=O) groups is 1. The Morgan fingerprint density at radius 2 is 2.00 bits per heavy atom. The van der Waals surface area contributed by atoms with Gasteiger partial charge in [-0.25, -0.2) is 0 Å². The molecular formula is C20H24N6O2. The number of hydrogen-bond acceptors (Lipinski definition) is 5. The van der Waals surface area contributed by atoms with Crippen molar-refractivity contribution in [3.05, 3.63) is 53.9 Å². The zero-order valence-corrected chi connectivity index (χ0v) is 16.5. The number of para-hydroxylation sites is 1. The second kappa shape index (κ2) is 7.10. The quantitative estimate of drug-likeness (QED) is 0.695. The monoisotopic (exact) mass is 380 g/mol. The number of fused-ring (bicyclic) bond motifs is 1. The zero-order chi connectivity index (χ0) is 19.8. The summed E-state index contributed by atoms with van der Waals surface area (Å²) in [6, 6.07) is 7.13. The highest BCUT2D eigenvalue weighted by molar-refractivity contribution is 5.97. The van der Waals surface area contributed by atoms with Crippen LogP contribution < -0.4 is 4.74 Å². The third kappa shape index (κ3) is 3.15. The maximum absolute atomic E-state index is 13.3. The first-order valence-corrected chi connectivity index (χ1v) is 9.45. The number of amides is 1. The second-order valence-corrected chi connectivity index (χ2v) is 7.35. The summed E-state index contributed by atoms with van der Waals surface area (Å²) in [4.78, 5) is 15.2. The molecule has 3 aromatic rings. The van der Waals surface area contributed by atoms with E-state index in [1.807, 2.05) is 31.0 Å². The van der Waals surface area contributed by atoms with Gasteiger partial charge in [0.2, 0.25) is 0 Å². The van der Waals surface area contributed by atoms with Gasteiger partial charge in [0.15, 0.2) is 11.6 Å². The van der Waals surface area contributed by atoms with Gasteiger partial charge in [-0.3, -0.25) is 9.48 Å². The van der Waals surface area contributed by atoms with Crippen molar-refractivity contribution in [3.63, 3.8) is 0 Å². The van der Waals surface area contributed by atoms with E-state index in [-0.39, 0.29) is 11.9 Å². The Morgan fingerprint density at radius 1 is 1.21 bits per heavy atom. The lowest BCUT2D eigenvalue weighted by atomic mass is 10.1. The minimum Gasteiger partial charge on any atom is -0.453 e. The lowest BCUT2D eigenvalue weighted by molar-refractivity contribution is 0.0633. The summed E-state index contributed by atoms with van der Waals surface area (Å²) in [7, 11) is 1.82. The summed E-state index contributed by atoms with van der Waals surface area (Å²) in [5.41, 5.74) is 0.523. The van der Waals surface area contributed by atoms with E-state index in [1.54, 1.807) is 29.2 Å². The molecule has 0 bridgehead atoms. The largest absolute Gasteiger partial charge is 0.453 e. The Morgan fingerprint density at radius 3 is 2.71 bits per heavy atom. The number of aromatic nitrogens is 5. The molecule has 0 radical (unpaired) electrons. The van der Waals surface area contributed by atoms with Crippen LogP contribution in [0.3, 0.4) is 0 Å². The van der Waals surface area contributed by atoms with Crippen LogP contribution in [0.2, 0.25) is 0 Å². The molecule has 0 aliphatic carbocycles. The minimum atomic E-state index is -0.160. The molecule has 0 saturated heterocycles. The van der Waals surface area contributed by atoms with Gasteiger partial charge in [0, 0.05) is 26.1 Å². The molecule has 1 aliphatic rings. The molecule has 1 aliphatic heterocycles. The standard InChI is InChI=1S/C20H24N6O2/c1-13(2)18-22-23-19-14(3)25(9-10-26(18)19)20(27)16-7-5-6-8-17(16)28-15-11-21-24(4)12-15/h5-8,11-14H,9-10H2,1-4H3. The molecule has 8 heteroatoms. The Bertz CT molecular complexity index is 1010. The first kappa shape index (κ1) is 18.2. The Labute approximate surface area is 163 Å². The highest BCUT2D eigenvalue weighted by Crippen LogP contribution is 2.31. The third-order valence-electron chi connectivity index (χ3n) is 5.02. The van der Waals surface area contributed by atoms with Gasteiger partial charge in [-0.1, -0.05) is 26.0 Å². The summed E-state index contributed by atoms with van der Waals surface area (Å²) in [6.45, 7) is 7.49. The van der Waals surface area contributed by atoms with Crippen molar-refractivity contribution < 1.29 is 9.53 Å².